The first kappa shape index (κ1) is 23.7. The van der Waals surface area contributed by atoms with E-state index in [4.69, 9.17) is 23.2 Å². The SMILES string of the molecule is CC(C)(Cl)c1cc2[nH]c(=O)c(-c3cc(NC(=O)Nc4cccc(F)c4)c(F)cc3Cl)cc2cn1. The van der Waals surface area contributed by atoms with E-state index in [1.165, 1.54) is 24.3 Å². The molecule has 0 spiro atoms. The van der Waals surface area contributed by atoms with Crippen LogP contribution < -0.4 is 16.2 Å². The highest BCUT2D eigenvalue weighted by Crippen LogP contribution is 2.33. The molecule has 0 saturated carbocycles. The molecule has 4 aromatic rings. The van der Waals surface area contributed by atoms with Crippen molar-refractivity contribution in [2.75, 3.05) is 10.6 Å². The van der Waals surface area contributed by atoms with Gasteiger partial charge in [-0.25, -0.2) is 13.6 Å². The van der Waals surface area contributed by atoms with Gasteiger partial charge in [0.15, 0.2) is 0 Å². The Morgan fingerprint density at radius 3 is 2.53 bits per heavy atom. The van der Waals surface area contributed by atoms with Gasteiger partial charge >= 0.3 is 6.03 Å². The molecule has 34 heavy (non-hydrogen) atoms. The molecule has 0 atom stereocenters. The van der Waals surface area contributed by atoms with Crippen LogP contribution in [0.5, 0.6) is 0 Å². The van der Waals surface area contributed by atoms with Crippen molar-refractivity contribution >= 4 is 51.5 Å². The fourth-order valence-electron chi connectivity index (χ4n) is 3.33. The summed E-state index contributed by atoms with van der Waals surface area (Å²) in [5.74, 6) is -1.35. The standard InChI is InChI=1S/C24H18Cl2F2N4O2/c1-24(2,26)21-10-19-12(11-29-21)6-16(22(33)31-19)15-8-20(18(28)9-17(15)25)32-23(34)30-14-5-3-4-13(27)7-14/h3-11H,1-2H3,(H,31,33)(H2,30,32,34). The summed E-state index contributed by atoms with van der Waals surface area (Å²) in [5, 5.41) is 5.35. The van der Waals surface area contributed by atoms with Gasteiger partial charge < -0.3 is 15.6 Å². The van der Waals surface area contributed by atoms with Crippen molar-refractivity contribution in [3.8, 4) is 11.1 Å². The zero-order chi connectivity index (χ0) is 24.6. The number of aromatic amines is 1. The minimum atomic E-state index is -0.809. The van der Waals surface area contributed by atoms with Crippen LogP contribution in [0.25, 0.3) is 22.0 Å². The number of anilines is 2. The van der Waals surface area contributed by atoms with Gasteiger partial charge in [-0.1, -0.05) is 17.7 Å². The smallest absolute Gasteiger partial charge is 0.321 e. The number of rotatable bonds is 4. The van der Waals surface area contributed by atoms with Gasteiger partial charge in [0.2, 0.25) is 0 Å². The van der Waals surface area contributed by atoms with E-state index in [-0.39, 0.29) is 27.5 Å². The number of nitrogens with one attached hydrogen (secondary N) is 3. The van der Waals surface area contributed by atoms with Crippen molar-refractivity contribution in [3.05, 3.63) is 87.4 Å². The maximum Gasteiger partial charge on any atom is 0.323 e. The van der Waals surface area contributed by atoms with Gasteiger partial charge in [0.1, 0.15) is 11.6 Å². The summed E-state index contributed by atoms with van der Waals surface area (Å²) < 4.78 is 27.9. The average Bonchev–Trinajstić information content (AvgIpc) is 2.74. The van der Waals surface area contributed by atoms with E-state index < -0.39 is 28.1 Å². The molecule has 6 nitrogen and oxygen atoms in total. The summed E-state index contributed by atoms with van der Waals surface area (Å²) in [6.07, 6.45) is 1.57. The number of hydrogen-bond acceptors (Lipinski definition) is 3. The highest BCUT2D eigenvalue weighted by Gasteiger charge is 2.20. The number of pyridine rings is 2. The number of halogens is 4. The van der Waals surface area contributed by atoms with Gasteiger partial charge in [-0.05, 0) is 56.3 Å². The molecule has 4 rings (SSSR count). The number of alkyl halides is 1. The Hall–Kier alpha value is -3.49. The Balaban J connectivity index is 1.69. The summed E-state index contributed by atoms with van der Waals surface area (Å²) in [7, 11) is 0. The number of H-pyrrole nitrogens is 1. The normalized spacial score (nSPS) is 11.5. The van der Waals surface area contributed by atoms with E-state index in [0.717, 1.165) is 12.1 Å². The highest BCUT2D eigenvalue weighted by atomic mass is 35.5. The van der Waals surface area contributed by atoms with Gasteiger partial charge in [0, 0.05) is 28.4 Å². The van der Waals surface area contributed by atoms with Crippen LogP contribution in [-0.4, -0.2) is 16.0 Å². The zero-order valence-corrected chi connectivity index (χ0v) is 19.5. The molecule has 0 aliphatic carbocycles. The third-order valence-electron chi connectivity index (χ3n) is 5.01. The van der Waals surface area contributed by atoms with Crippen LogP contribution in [0.1, 0.15) is 19.5 Å². The lowest BCUT2D eigenvalue weighted by atomic mass is 10.0. The molecule has 0 saturated heterocycles. The van der Waals surface area contributed by atoms with Crippen LogP contribution >= 0.6 is 23.2 Å². The Bertz CT molecular complexity index is 1480. The van der Waals surface area contributed by atoms with Crippen molar-refractivity contribution in [2.24, 2.45) is 0 Å². The van der Waals surface area contributed by atoms with E-state index in [0.29, 0.717) is 16.6 Å². The quantitative estimate of drug-likeness (QED) is 0.273. The van der Waals surface area contributed by atoms with Crippen molar-refractivity contribution < 1.29 is 13.6 Å². The van der Waals surface area contributed by atoms with E-state index in [9.17, 15) is 18.4 Å². The lowest BCUT2D eigenvalue weighted by Crippen LogP contribution is -2.20. The zero-order valence-electron chi connectivity index (χ0n) is 18.0. The number of fused-ring (bicyclic) bond motifs is 1. The second kappa shape index (κ2) is 9.04. The first-order valence-corrected chi connectivity index (χ1v) is 10.8. The van der Waals surface area contributed by atoms with Crippen molar-refractivity contribution in [2.45, 2.75) is 18.7 Å². The van der Waals surface area contributed by atoms with Crippen LogP contribution in [0.15, 0.2) is 59.5 Å². The van der Waals surface area contributed by atoms with E-state index in [1.54, 1.807) is 32.2 Å². The molecule has 2 aromatic heterocycles. The molecule has 2 heterocycles. The Morgan fingerprint density at radius 2 is 1.82 bits per heavy atom. The minimum Gasteiger partial charge on any atom is -0.321 e. The molecular weight excluding hydrogens is 485 g/mol. The molecule has 2 amide bonds. The molecule has 0 radical (unpaired) electrons. The maximum absolute atomic E-state index is 14.5. The molecule has 0 aliphatic rings. The third-order valence-corrected chi connectivity index (χ3v) is 5.52. The third kappa shape index (κ3) is 5.03. The number of amides is 2. The molecule has 2 aromatic carbocycles. The predicted molar refractivity (Wildman–Crippen MR) is 131 cm³/mol. The van der Waals surface area contributed by atoms with Crippen molar-refractivity contribution in [3.63, 3.8) is 0 Å². The summed E-state index contributed by atoms with van der Waals surface area (Å²) in [5.41, 5.74) is 0.968. The minimum absolute atomic E-state index is 0.0232. The Kier molecular flexibility index (Phi) is 6.29. The Labute approximate surface area is 202 Å². The number of benzene rings is 2. The highest BCUT2D eigenvalue weighted by molar-refractivity contribution is 6.33. The van der Waals surface area contributed by atoms with Gasteiger partial charge in [0.25, 0.3) is 5.56 Å². The molecule has 10 heteroatoms. The topological polar surface area (TPSA) is 86.9 Å². The van der Waals surface area contributed by atoms with Crippen LogP contribution in [0.2, 0.25) is 5.02 Å². The second-order valence-electron chi connectivity index (χ2n) is 8.04. The fourth-order valence-corrected chi connectivity index (χ4v) is 3.68. The first-order valence-electron chi connectivity index (χ1n) is 10.1. The van der Waals surface area contributed by atoms with E-state index in [2.05, 4.69) is 20.6 Å². The van der Waals surface area contributed by atoms with Crippen molar-refractivity contribution in [1.82, 2.24) is 9.97 Å². The number of urea groups is 1. The summed E-state index contributed by atoms with van der Waals surface area (Å²) in [6, 6.07) is 9.94. The van der Waals surface area contributed by atoms with Gasteiger partial charge in [-0.15, -0.1) is 11.6 Å². The second-order valence-corrected chi connectivity index (χ2v) is 9.39. The van der Waals surface area contributed by atoms with Gasteiger partial charge in [0.05, 0.1) is 26.8 Å². The van der Waals surface area contributed by atoms with E-state index >= 15 is 0 Å². The van der Waals surface area contributed by atoms with Crippen LogP contribution in [0.3, 0.4) is 0 Å². The number of carbonyl (C=O) groups is 1. The number of nitrogens with zero attached hydrogens (tertiary/aromatic N) is 1. The lowest BCUT2D eigenvalue weighted by Gasteiger charge is -2.15. The molecule has 174 valence electrons. The fraction of sp³-hybridized carbons (Fsp3) is 0.125. The largest absolute Gasteiger partial charge is 0.323 e. The number of aromatic nitrogens is 2. The maximum atomic E-state index is 14.5. The lowest BCUT2D eigenvalue weighted by molar-refractivity contribution is 0.262. The van der Waals surface area contributed by atoms with E-state index in [1.807, 2.05) is 0 Å². The summed E-state index contributed by atoms with van der Waals surface area (Å²) >= 11 is 12.5. The Morgan fingerprint density at radius 1 is 1.06 bits per heavy atom. The monoisotopic (exact) mass is 502 g/mol. The first-order chi connectivity index (χ1) is 16.0. The number of hydrogen-bond donors (Lipinski definition) is 3. The molecule has 0 fully saturated rings. The van der Waals surface area contributed by atoms with Crippen LogP contribution in [0.4, 0.5) is 25.0 Å². The molecule has 3 N–H and O–H groups in total. The summed E-state index contributed by atoms with van der Waals surface area (Å²) in [4.78, 5) is 31.5. The van der Waals surface area contributed by atoms with Crippen molar-refractivity contribution in [1.29, 1.82) is 0 Å². The molecule has 0 unspecified atom stereocenters. The summed E-state index contributed by atoms with van der Waals surface area (Å²) in [6.45, 7) is 3.57. The predicted octanol–water partition coefficient (Wildman–Crippen LogP) is 6.64. The van der Waals surface area contributed by atoms with Gasteiger partial charge in [-0.3, -0.25) is 9.78 Å². The molecule has 0 bridgehead atoms. The van der Waals surface area contributed by atoms with Crippen LogP contribution in [0, 0.1) is 11.6 Å². The van der Waals surface area contributed by atoms with Gasteiger partial charge in [-0.2, -0.15) is 0 Å². The van der Waals surface area contributed by atoms with Crippen LogP contribution in [-0.2, 0) is 4.87 Å². The molecule has 0 aliphatic heterocycles. The average molecular weight is 503 g/mol. The molecular formula is C24H18Cl2F2N4O2. The number of carbonyl (C=O) groups excluding carboxylic acids is 1.